The minimum Gasteiger partial charge on any atom is -0.459 e. The van der Waals surface area contributed by atoms with E-state index in [-0.39, 0.29) is 6.42 Å². The second-order valence-electron chi connectivity index (χ2n) is 6.34. The Balaban J connectivity index is 2.40. The molecule has 120 valence electrons. The van der Waals surface area contributed by atoms with Crippen molar-refractivity contribution in [1.29, 1.82) is 0 Å². The number of fused-ring (bicyclic) bond motifs is 1. The van der Waals surface area contributed by atoms with Gasteiger partial charge in [0.25, 0.3) is 0 Å². The molecule has 3 unspecified atom stereocenters. The summed E-state index contributed by atoms with van der Waals surface area (Å²) in [6, 6.07) is 0. The number of halogens is 3. The van der Waals surface area contributed by atoms with Gasteiger partial charge < -0.3 is 9.47 Å². The first-order valence-electron chi connectivity index (χ1n) is 7.07. The highest BCUT2D eigenvalue weighted by atomic mass is 19.4. The zero-order chi connectivity index (χ0) is 16.1. The Kier molecular flexibility index (Phi) is 3.74. The van der Waals surface area contributed by atoms with Crippen LogP contribution in [0.3, 0.4) is 0 Å². The van der Waals surface area contributed by atoms with E-state index in [1.165, 1.54) is 13.8 Å². The van der Waals surface area contributed by atoms with Crippen LogP contribution in [0.25, 0.3) is 0 Å². The van der Waals surface area contributed by atoms with Gasteiger partial charge in [-0.25, -0.2) is 4.79 Å². The lowest BCUT2D eigenvalue weighted by Gasteiger charge is -2.34. The van der Waals surface area contributed by atoms with Gasteiger partial charge in [0.05, 0.1) is 11.3 Å². The number of carbonyl (C=O) groups excluding carboxylic acids is 2. The van der Waals surface area contributed by atoms with Crippen molar-refractivity contribution in [3.8, 4) is 0 Å². The molecule has 21 heavy (non-hydrogen) atoms. The fraction of sp³-hybridized carbons (Fsp3) is 0.857. The number of alkyl halides is 3. The van der Waals surface area contributed by atoms with E-state index in [1.807, 2.05) is 0 Å². The van der Waals surface area contributed by atoms with Gasteiger partial charge in [0, 0.05) is 0 Å². The summed E-state index contributed by atoms with van der Waals surface area (Å²) in [6.07, 6.45) is -4.42. The lowest BCUT2D eigenvalue weighted by Crippen LogP contribution is -2.58. The second-order valence-corrected chi connectivity index (χ2v) is 6.34. The van der Waals surface area contributed by atoms with Gasteiger partial charge in [0.15, 0.2) is 0 Å². The molecule has 2 fully saturated rings. The largest absolute Gasteiger partial charge is 0.459 e. The molecule has 1 heterocycles. The Morgan fingerprint density at radius 1 is 1.38 bits per heavy atom. The van der Waals surface area contributed by atoms with E-state index in [0.29, 0.717) is 19.3 Å². The van der Waals surface area contributed by atoms with Crippen LogP contribution < -0.4 is 0 Å². The lowest BCUT2D eigenvalue weighted by molar-refractivity contribution is -0.274. The number of esters is 2. The molecule has 7 heteroatoms. The molecule has 1 aliphatic heterocycles. The van der Waals surface area contributed by atoms with E-state index in [4.69, 9.17) is 9.47 Å². The second kappa shape index (κ2) is 4.88. The van der Waals surface area contributed by atoms with E-state index < -0.39 is 41.2 Å². The first kappa shape index (κ1) is 16.1. The van der Waals surface area contributed by atoms with Crippen molar-refractivity contribution in [2.45, 2.75) is 64.3 Å². The van der Waals surface area contributed by atoms with Crippen molar-refractivity contribution in [2.75, 3.05) is 0 Å². The predicted octanol–water partition coefficient (Wildman–Crippen LogP) is 2.99. The minimum absolute atomic E-state index is 0.162. The van der Waals surface area contributed by atoms with Crippen LogP contribution in [0, 0.1) is 11.3 Å². The number of rotatable bonds is 3. The zero-order valence-electron chi connectivity index (χ0n) is 12.3. The van der Waals surface area contributed by atoms with Crippen LogP contribution in [0.2, 0.25) is 0 Å². The molecule has 0 bridgehead atoms. The van der Waals surface area contributed by atoms with Gasteiger partial charge in [-0.15, -0.1) is 0 Å². The first-order valence-corrected chi connectivity index (χ1v) is 7.07. The van der Waals surface area contributed by atoms with E-state index in [0.717, 1.165) is 0 Å². The highest BCUT2D eigenvalue weighted by Gasteiger charge is 2.75. The first-order chi connectivity index (χ1) is 9.56. The third-order valence-electron chi connectivity index (χ3n) is 4.65. The average Bonchev–Trinajstić information content (AvgIpc) is 2.90. The Labute approximate surface area is 121 Å². The van der Waals surface area contributed by atoms with Crippen LogP contribution in [0.5, 0.6) is 0 Å². The molecule has 0 aromatic carbocycles. The molecular formula is C14H19F3O4. The van der Waals surface area contributed by atoms with Gasteiger partial charge in [-0.05, 0) is 39.5 Å². The highest BCUT2D eigenvalue weighted by molar-refractivity contribution is 5.88. The molecule has 0 aromatic rings. The Morgan fingerprint density at radius 2 is 2.00 bits per heavy atom. The quantitative estimate of drug-likeness (QED) is 0.752. The van der Waals surface area contributed by atoms with Crippen LogP contribution in [-0.4, -0.2) is 29.8 Å². The Morgan fingerprint density at radius 3 is 2.52 bits per heavy atom. The average molecular weight is 308 g/mol. The summed E-state index contributed by atoms with van der Waals surface area (Å²) in [6.45, 7) is 4.66. The third-order valence-corrected chi connectivity index (χ3v) is 4.65. The van der Waals surface area contributed by atoms with Crippen LogP contribution in [0.15, 0.2) is 0 Å². The lowest BCUT2D eigenvalue weighted by atomic mass is 9.84. The van der Waals surface area contributed by atoms with Crippen LogP contribution in [0.1, 0.15) is 46.5 Å². The molecule has 0 radical (unpaired) electrons. The number of carbonyl (C=O) groups is 2. The molecule has 1 aliphatic carbocycles. The number of ether oxygens (including phenoxy) is 2. The van der Waals surface area contributed by atoms with Crippen molar-refractivity contribution >= 4 is 11.9 Å². The summed E-state index contributed by atoms with van der Waals surface area (Å²) < 4.78 is 50.4. The number of hydrogen-bond acceptors (Lipinski definition) is 4. The maximum atomic E-state index is 13.6. The SMILES string of the molecule is CCC(C)(C)C(=O)OC1(C(F)(F)F)C(=O)OC2CCCC21. The van der Waals surface area contributed by atoms with Crippen LogP contribution in [0.4, 0.5) is 13.2 Å². The summed E-state index contributed by atoms with van der Waals surface area (Å²) in [4.78, 5) is 24.0. The Hall–Kier alpha value is -1.27. The van der Waals surface area contributed by atoms with E-state index in [2.05, 4.69) is 0 Å². The molecule has 1 saturated carbocycles. The fourth-order valence-electron chi connectivity index (χ4n) is 2.84. The van der Waals surface area contributed by atoms with E-state index >= 15 is 0 Å². The van der Waals surface area contributed by atoms with Crippen molar-refractivity contribution < 1.29 is 32.2 Å². The van der Waals surface area contributed by atoms with Crippen molar-refractivity contribution in [3.05, 3.63) is 0 Å². The van der Waals surface area contributed by atoms with Crippen molar-refractivity contribution in [3.63, 3.8) is 0 Å². The van der Waals surface area contributed by atoms with Gasteiger partial charge in [0.2, 0.25) is 0 Å². The van der Waals surface area contributed by atoms with Gasteiger partial charge in [-0.2, -0.15) is 13.2 Å². The van der Waals surface area contributed by atoms with Crippen molar-refractivity contribution in [1.82, 2.24) is 0 Å². The van der Waals surface area contributed by atoms with Gasteiger partial charge in [-0.3, -0.25) is 4.79 Å². The minimum atomic E-state index is -4.98. The van der Waals surface area contributed by atoms with Crippen LogP contribution >= 0.6 is 0 Å². The Bertz CT molecular complexity index is 458. The smallest absolute Gasteiger partial charge is 0.440 e. The number of hydrogen-bond donors (Lipinski definition) is 0. The third kappa shape index (κ3) is 2.30. The van der Waals surface area contributed by atoms with Gasteiger partial charge >= 0.3 is 23.7 Å². The standard InChI is InChI=1S/C14H19F3O4/c1-4-12(2,3)10(18)21-13(14(15,16)17)8-6-5-7-9(8)20-11(13)19/h8-9H,4-7H2,1-3H3. The van der Waals surface area contributed by atoms with Crippen molar-refractivity contribution in [2.24, 2.45) is 11.3 Å². The normalized spacial score (nSPS) is 32.8. The molecule has 0 N–H and O–H groups in total. The topological polar surface area (TPSA) is 52.6 Å². The molecular weight excluding hydrogens is 289 g/mol. The molecule has 0 amide bonds. The summed E-state index contributed by atoms with van der Waals surface area (Å²) >= 11 is 0. The van der Waals surface area contributed by atoms with E-state index in [9.17, 15) is 22.8 Å². The monoisotopic (exact) mass is 308 g/mol. The highest BCUT2D eigenvalue weighted by Crippen LogP contribution is 2.53. The molecule has 2 aliphatic rings. The maximum absolute atomic E-state index is 13.6. The summed E-state index contributed by atoms with van der Waals surface area (Å²) in [5.74, 6) is -3.64. The summed E-state index contributed by atoms with van der Waals surface area (Å²) in [5.41, 5.74) is -4.23. The molecule has 1 saturated heterocycles. The molecule has 0 spiro atoms. The molecule has 3 atom stereocenters. The molecule has 0 aromatic heterocycles. The summed E-state index contributed by atoms with van der Waals surface area (Å²) in [7, 11) is 0. The molecule has 4 nitrogen and oxygen atoms in total. The van der Waals surface area contributed by atoms with Gasteiger partial charge in [0.1, 0.15) is 6.10 Å². The fourth-order valence-corrected chi connectivity index (χ4v) is 2.84. The van der Waals surface area contributed by atoms with E-state index in [1.54, 1.807) is 6.92 Å². The zero-order valence-corrected chi connectivity index (χ0v) is 12.3. The molecule has 2 rings (SSSR count). The maximum Gasteiger partial charge on any atom is 0.440 e. The summed E-state index contributed by atoms with van der Waals surface area (Å²) in [5, 5.41) is 0. The predicted molar refractivity (Wildman–Crippen MR) is 66.2 cm³/mol. The van der Waals surface area contributed by atoms with Gasteiger partial charge in [-0.1, -0.05) is 6.92 Å². The van der Waals surface area contributed by atoms with Crippen LogP contribution in [-0.2, 0) is 19.1 Å².